The number of carboxylic acid groups (broad SMARTS) is 3. The van der Waals surface area contributed by atoms with Crippen LogP contribution in [0.3, 0.4) is 0 Å². The predicted molar refractivity (Wildman–Crippen MR) is 241 cm³/mol. The number of carboxylic acids is 3. The van der Waals surface area contributed by atoms with Crippen molar-refractivity contribution in [2.24, 2.45) is 23.5 Å². The molecule has 22 heteroatoms. The third kappa shape index (κ3) is 17.9. The second-order valence-electron chi connectivity index (χ2n) is 17.5. The van der Waals surface area contributed by atoms with E-state index in [1.807, 2.05) is 0 Å². The van der Waals surface area contributed by atoms with Crippen molar-refractivity contribution in [2.45, 2.75) is 161 Å². The molecule has 1 aromatic rings. The predicted octanol–water partition coefficient (Wildman–Crippen LogP) is -0.601. The molecular weight excluding hydrogens is 877 g/mol. The van der Waals surface area contributed by atoms with E-state index >= 15 is 0 Å². The molecule has 11 atom stereocenters. The van der Waals surface area contributed by atoms with Crippen molar-refractivity contribution in [1.82, 2.24) is 36.8 Å². The topological polar surface area (TPSA) is 353 Å². The Morgan fingerprint density at radius 2 is 1.13 bits per heavy atom. The highest BCUT2D eigenvalue weighted by Crippen LogP contribution is 2.21. The maximum atomic E-state index is 14.2. The maximum Gasteiger partial charge on any atom is 0.326 e. The zero-order valence-corrected chi connectivity index (χ0v) is 39.3. The van der Waals surface area contributed by atoms with Crippen LogP contribution in [-0.4, -0.2) is 146 Å². The minimum absolute atomic E-state index is 0.0548. The molecule has 374 valence electrons. The second-order valence-corrected chi connectivity index (χ2v) is 17.5. The van der Waals surface area contributed by atoms with Gasteiger partial charge < -0.3 is 63.0 Å². The molecule has 12 N–H and O–H groups in total. The van der Waals surface area contributed by atoms with Gasteiger partial charge in [0.05, 0.1) is 12.1 Å². The fourth-order valence-corrected chi connectivity index (χ4v) is 7.33. The summed E-state index contributed by atoms with van der Waals surface area (Å²) < 4.78 is 0. The summed E-state index contributed by atoms with van der Waals surface area (Å²) in [7, 11) is 0. The average molecular weight is 947 g/mol. The molecule has 0 saturated carbocycles. The molecule has 2 rings (SSSR count). The number of hydrogen-bond donors (Lipinski definition) is 11. The van der Waals surface area contributed by atoms with Gasteiger partial charge in [-0.1, -0.05) is 84.7 Å². The minimum atomic E-state index is -1.62. The number of carbonyl (C=O) groups excluding carboxylic acids is 7. The summed E-state index contributed by atoms with van der Waals surface area (Å²) in [4.78, 5) is 132. The Morgan fingerprint density at radius 1 is 0.642 bits per heavy atom. The SMILES string of the molecule is CCC(C)C(NC(=O)C(Cc1ccccc1)NC(=O)C(CCC(=O)O)NC(=O)C(N)CCC(=O)O)C(=O)NC(C(=O)N1CCCC1C(=O)NC(C(=O)NC(C(=O)O)C(C)C)C(C)CC)C(C)O. The summed E-state index contributed by atoms with van der Waals surface area (Å²) >= 11 is 0. The molecule has 1 saturated heterocycles. The van der Waals surface area contributed by atoms with E-state index in [0.717, 1.165) is 0 Å². The number of nitrogens with zero attached hydrogens (tertiary/aromatic N) is 1. The largest absolute Gasteiger partial charge is 0.481 e. The van der Waals surface area contributed by atoms with Gasteiger partial charge in [0.15, 0.2) is 0 Å². The summed E-state index contributed by atoms with van der Waals surface area (Å²) in [6, 6.07) is -2.38. The van der Waals surface area contributed by atoms with Crippen LogP contribution in [0.1, 0.15) is 105 Å². The fraction of sp³-hybridized carbons (Fsp3) is 0.644. The van der Waals surface area contributed by atoms with E-state index in [2.05, 4.69) is 31.9 Å². The van der Waals surface area contributed by atoms with Crippen LogP contribution in [0.5, 0.6) is 0 Å². The van der Waals surface area contributed by atoms with Crippen molar-refractivity contribution in [3.8, 4) is 0 Å². The number of benzene rings is 1. The van der Waals surface area contributed by atoms with Gasteiger partial charge in [-0.15, -0.1) is 0 Å². The number of aliphatic carboxylic acids is 3. The van der Waals surface area contributed by atoms with Crippen LogP contribution in [0.4, 0.5) is 0 Å². The molecule has 0 aromatic heterocycles. The van der Waals surface area contributed by atoms with Gasteiger partial charge in [0.25, 0.3) is 0 Å². The Labute approximate surface area is 390 Å². The minimum Gasteiger partial charge on any atom is -0.481 e. The Bertz CT molecular complexity index is 1900. The van der Waals surface area contributed by atoms with Crippen molar-refractivity contribution in [1.29, 1.82) is 0 Å². The summed E-state index contributed by atoms with van der Waals surface area (Å²) in [5.41, 5.74) is 6.40. The normalized spacial score (nSPS) is 18.0. The van der Waals surface area contributed by atoms with Crippen LogP contribution in [0.2, 0.25) is 0 Å². The van der Waals surface area contributed by atoms with E-state index in [1.165, 1.54) is 11.8 Å². The quantitative estimate of drug-likeness (QED) is 0.0500. The van der Waals surface area contributed by atoms with Crippen LogP contribution < -0.4 is 37.6 Å². The molecule has 67 heavy (non-hydrogen) atoms. The van der Waals surface area contributed by atoms with E-state index in [-0.39, 0.29) is 25.8 Å². The fourth-order valence-electron chi connectivity index (χ4n) is 7.33. The molecule has 1 aliphatic rings. The van der Waals surface area contributed by atoms with Crippen molar-refractivity contribution in [3.05, 3.63) is 35.9 Å². The smallest absolute Gasteiger partial charge is 0.326 e. The zero-order chi connectivity index (χ0) is 50.7. The molecule has 11 unspecified atom stereocenters. The molecule has 1 aliphatic heterocycles. The molecule has 0 radical (unpaired) electrons. The van der Waals surface area contributed by atoms with Gasteiger partial charge in [-0.05, 0) is 55.9 Å². The van der Waals surface area contributed by atoms with Gasteiger partial charge in [-0.3, -0.25) is 43.2 Å². The average Bonchev–Trinajstić information content (AvgIpc) is 3.78. The molecule has 0 spiro atoms. The molecule has 1 heterocycles. The lowest BCUT2D eigenvalue weighted by Crippen LogP contribution is -2.63. The lowest BCUT2D eigenvalue weighted by molar-refractivity contribution is -0.146. The van der Waals surface area contributed by atoms with E-state index < -0.39 is 151 Å². The Balaban J connectivity index is 2.39. The van der Waals surface area contributed by atoms with Gasteiger partial charge >= 0.3 is 17.9 Å². The monoisotopic (exact) mass is 947 g/mol. The molecule has 22 nitrogen and oxygen atoms in total. The van der Waals surface area contributed by atoms with Crippen LogP contribution in [0, 0.1) is 17.8 Å². The van der Waals surface area contributed by atoms with E-state index in [9.17, 15) is 63.3 Å². The van der Waals surface area contributed by atoms with Crippen LogP contribution in [0.25, 0.3) is 0 Å². The first-order valence-corrected chi connectivity index (χ1v) is 22.7. The van der Waals surface area contributed by atoms with Gasteiger partial charge in [0.1, 0.15) is 42.3 Å². The molecular formula is C45H70N8O14. The third-order valence-corrected chi connectivity index (χ3v) is 11.9. The highest BCUT2D eigenvalue weighted by molar-refractivity contribution is 5.98. The van der Waals surface area contributed by atoms with Crippen LogP contribution in [0.15, 0.2) is 30.3 Å². The Hall–Kier alpha value is -6.16. The molecule has 0 aliphatic carbocycles. The van der Waals surface area contributed by atoms with Crippen LogP contribution in [-0.2, 0) is 54.4 Å². The Morgan fingerprint density at radius 3 is 1.64 bits per heavy atom. The van der Waals surface area contributed by atoms with Crippen molar-refractivity contribution >= 4 is 59.3 Å². The number of hydrogen-bond acceptors (Lipinski definition) is 12. The van der Waals surface area contributed by atoms with Crippen LogP contribution >= 0.6 is 0 Å². The third-order valence-electron chi connectivity index (χ3n) is 11.9. The second kappa shape index (κ2) is 27.5. The van der Waals surface area contributed by atoms with E-state index in [1.54, 1.807) is 71.9 Å². The molecule has 7 amide bonds. The maximum absolute atomic E-state index is 14.2. The van der Waals surface area contributed by atoms with E-state index in [0.29, 0.717) is 24.8 Å². The number of nitrogens with two attached hydrogens (primary N) is 1. The number of rotatable bonds is 28. The number of aliphatic hydroxyl groups is 1. The lowest BCUT2D eigenvalue weighted by atomic mass is 9.96. The highest BCUT2D eigenvalue weighted by Gasteiger charge is 2.42. The first-order chi connectivity index (χ1) is 31.4. The van der Waals surface area contributed by atoms with Gasteiger partial charge in [-0.2, -0.15) is 0 Å². The molecule has 1 aromatic carbocycles. The standard InChI is InChI=1S/C45H70N8O14/c1-8-24(5)35(50-40(61)30(22-27-14-11-10-12-15-27)48-39(60)29(18-20-33(57)58)47-38(59)28(46)17-19-32(55)56)43(64)52-37(26(7)54)44(65)53-21-13-16-31(53)41(62)51-36(25(6)9-2)42(63)49-34(23(3)4)45(66)67/h10-12,14-15,23-26,28-31,34-37,54H,8-9,13,16-22,46H2,1-7H3,(H,47,59)(H,48,60)(H,49,63)(H,50,61)(H,51,62)(H,52,64)(H,55,56)(H,57,58)(H,66,67). The van der Waals surface area contributed by atoms with Gasteiger partial charge in [0.2, 0.25) is 41.4 Å². The first kappa shape index (κ1) is 57.0. The number of aliphatic hydroxyl groups excluding tert-OH is 1. The van der Waals surface area contributed by atoms with Gasteiger partial charge in [-0.25, -0.2) is 4.79 Å². The number of nitrogens with one attached hydrogen (secondary N) is 6. The van der Waals surface area contributed by atoms with Gasteiger partial charge in [0, 0.05) is 25.8 Å². The summed E-state index contributed by atoms with van der Waals surface area (Å²) in [6.07, 6.45) is -2.11. The molecule has 0 bridgehead atoms. The first-order valence-electron chi connectivity index (χ1n) is 22.7. The number of amides is 7. The summed E-state index contributed by atoms with van der Waals surface area (Å²) in [5.74, 6) is -11.2. The lowest BCUT2D eigenvalue weighted by Gasteiger charge is -2.33. The summed E-state index contributed by atoms with van der Waals surface area (Å²) in [6.45, 7) is 11.4. The number of likely N-dealkylation sites (tertiary alicyclic amines) is 1. The van der Waals surface area contributed by atoms with E-state index in [4.69, 9.17) is 10.8 Å². The van der Waals surface area contributed by atoms with Crippen molar-refractivity contribution in [3.63, 3.8) is 0 Å². The zero-order valence-electron chi connectivity index (χ0n) is 39.3. The molecule has 1 fully saturated rings. The summed E-state index contributed by atoms with van der Waals surface area (Å²) in [5, 5.41) is 54.2. The van der Waals surface area contributed by atoms with Crippen molar-refractivity contribution in [2.75, 3.05) is 6.54 Å². The highest BCUT2D eigenvalue weighted by atomic mass is 16.4. The Kier molecular flexibility index (Phi) is 23.4. The number of carbonyl (C=O) groups is 10. The van der Waals surface area contributed by atoms with Crippen molar-refractivity contribution < 1.29 is 68.4 Å².